The maximum absolute atomic E-state index is 10.0. The molecule has 2 aromatic carbocycles. The van der Waals surface area contributed by atoms with Gasteiger partial charge in [0.2, 0.25) is 12.5 Å². The Kier molecular flexibility index (Phi) is 7.06. The molecule has 0 saturated heterocycles. The van der Waals surface area contributed by atoms with E-state index in [1.165, 1.54) is 0 Å². The summed E-state index contributed by atoms with van der Waals surface area (Å²) in [5.41, 5.74) is 1.96. The van der Waals surface area contributed by atoms with Crippen LogP contribution in [0, 0.1) is 11.8 Å². The monoisotopic (exact) mass is 404 g/mol. The predicted molar refractivity (Wildman–Crippen MR) is 107 cm³/mol. The van der Waals surface area contributed by atoms with Crippen LogP contribution in [0.2, 0.25) is 0 Å². The smallest absolute Gasteiger partial charge is 0.231 e. The number of ether oxygens (including phenoxy) is 5. The van der Waals surface area contributed by atoms with Gasteiger partial charge in [-0.25, -0.2) is 0 Å². The summed E-state index contributed by atoms with van der Waals surface area (Å²) >= 11 is 0. The van der Waals surface area contributed by atoms with E-state index in [0.29, 0.717) is 35.8 Å². The quantitative estimate of drug-likeness (QED) is 0.629. The Bertz CT molecular complexity index is 796. The van der Waals surface area contributed by atoms with Crippen molar-refractivity contribution in [2.24, 2.45) is 11.8 Å². The molecule has 1 heterocycles. The molecule has 3 rings (SSSR count). The van der Waals surface area contributed by atoms with Gasteiger partial charge in [-0.3, -0.25) is 0 Å². The van der Waals surface area contributed by atoms with Gasteiger partial charge in [0.1, 0.15) is 0 Å². The van der Waals surface area contributed by atoms with Crippen molar-refractivity contribution in [3.05, 3.63) is 41.5 Å². The van der Waals surface area contributed by atoms with E-state index in [1.807, 2.05) is 30.3 Å². The maximum Gasteiger partial charge on any atom is 0.231 e. The van der Waals surface area contributed by atoms with Crippen LogP contribution in [0.5, 0.6) is 28.7 Å². The minimum atomic E-state index is -0.145. The van der Waals surface area contributed by atoms with E-state index >= 15 is 0 Å². The van der Waals surface area contributed by atoms with Gasteiger partial charge in [0.15, 0.2) is 23.0 Å². The molecule has 1 aliphatic rings. The Hall–Kier alpha value is -2.64. The fraction of sp³-hybridized carbons (Fsp3) is 0.455. The standard InChI is InChI=1S/C22H28O7/c1-25-20-9-15(10-21(26-2)22(20)27-3)7-17(12-24)16(11-23)6-14-4-5-18-19(8-14)29-13-28-18/h4-5,8-10,16-17,23-24H,6-7,11-13H2,1-3H3/t16-,17-/m0/s1. The van der Waals surface area contributed by atoms with E-state index in [0.717, 1.165) is 16.9 Å². The summed E-state index contributed by atoms with van der Waals surface area (Å²) in [5, 5.41) is 20.0. The molecule has 7 heteroatoms. The largest absolute Gasteiger partial charge is 0.493 e. The first-order chi connectivity index (χ1) is 14.1. The van der Waals surface area contributed by atoms with Gasteiger partial charge in [-0.05, 0) is 60.1 Å². The molecule has 0 aromatic heterocycles. The highest BCUT2D eigenvalue weighted by Crippen LogP contribution is 2.39. The van der Waals surface area contributed by atoms with Crippen molar-refractivity contribution in [3.63, 3.8) is 0 Å². The number of benzene rings is 2. The zero-order valence-electron chi connectivity index (χ0n) is 17.0. The second-order valence-corrected chi connectivity index (χ2v) is 7.01. The van der Waals surface area contributed by atoms with Gasteiger partial charge >= 0.3 is 0 Å². The zero-order valence-corrected chi connectivity index (χ0v) is 17.0. The van der Waals surface area contributed by atoms with Crippen LogP contribution in [-0.2, 0) is 12.8 Å². The molecule has 7 nitrogen and oxygen atoms in total. The van der Waals surface area contributed by atoms with Crippen molar-refractivity contribution in [1.82, 2.24) is 0 Å². The van der Waals surface area contributed by atoms with Crippen molar-refractivity contribution < 1.29 is 33.9 Å². The number of aliphatic hydroxyl groups is 2. The molecule has 0 spiro atoms. The van der Waals surface area contributed by atoms with Crippen LogP contribution in [-0.4, -0.2) is 51.5 Å². The first kappa shape index (κ1) is 21.1. The molecular formula is C22H28O7. The van der Waals surface area contributed by atoms with E-state index in [1.54, 1.807) is 21.3 Å². The van der Waals surface area contributed by atoms with Crippen LogP contribution in [0.15, 0.2) is 30.3 Å². The van der Waals surface area contributed by atoms with Crippen molar-refractivity contribution in [2.75, 3.05) is 41.3 Å². The molecule has 0 radical (unpaired) electrons. The molecule has 0 amide bonds. The summed E-state index contributed by atoms with van der Waals surface area (Å²) in [4.78, 5) is 0. The minimum absolute atomic E-state index is 0.0376. The third kappa shape index (κ3) is 4.68. The Labute approximate surface area is 170 Å². The lowest BCUT2D eigenvalue weighted by molar-refractivity contribution is 0.119. The topological polar surface area (TPSA) is 86.6 Å². The number of methoxy groups -OCH3 is 3. The van der Waals surface area contributed by atoms with Crippen LogP contribution >= 0.6 is 0 Å². The number of hydrogen-bond donors (Lipinski definition) is 2. The van der Waals surface area contributed by atoms with Crippen molar-refractivity contribution in [1.29, 1.82) is 0 Å². The first-order valence-electron chi connectivity index (χ1n) is 9.52. The molecule has 0 fully saturated rings. The van der Waals surface area contributed by atoms with E-state index in [2.05, 4.69) is 0 Å². The maximum atomic E-state index is 10.0. The lowest BCUT2D eigenvalue weighted by Gasteiger charge is -2.25. The molecule has 1 aliphatic heterocycles. The zero-order chi connectivity index (χ0) is 20.8. The third-order valence-electron chi connectivity index (χ3n) is 5.29. The molecule has 2 atom stereocenters. The van der Waals surface area contributed by atoms with Crippen LogP contribution in [0.25, 0.3) is 0 Å². The number of hydrogen-bond acceptors (Lipinski definition) is 7. The van der Waals surface area contributed by atoms with Crippen molar-refractivity contribution in [3.8, 4) is 28.7 Å². The molecule has 2 aromatic rings. The summed E-state index contributed by atoms with van der Waals surface area (Å²) in [6.45, 7) is 0.138. The first-order valence-corrected chi connectivity index (χ1v) is 9.52. The minimum Gasteiger partial charge on any atom is -0.493 e. The van der Waals surface area contributed by atoms with E-state index in [9.17, 15) is 10.2 Å². The van der Waals surface area contributed by atoms with E-state index < -0.39 is 0 Å². The Morgan fingerprint density at radius 3 is 1.93 bits per heavy atom. The third-order valence-corrected chi connectivity index (χ3v) is 5.29. The predicted octanol–water partition coefficient (Wildman–Crippen LogP) is 2.44. The van der Waals surface area contributed by atoms with Gasteiger partial charge < -0.3 is 33.9 Å². The molecule has 158 valence electrons. The summed E-state index contributed by atoms with van der Waals surface area (Å²) in [5.74, 6) is 2.82. The Balaban J connectivity index is 1.78. The van der Waals surface area contributed by atoms with Gasteiger partial charge in [-0.15, -0.1) is 0 Å². The highest BCUT2D eigenvalue weighted by atomic mass is 16.7. The van der Waals surface area contributed by atoms with E-state index in [-0.39, 0.29) is 31.8 Å². The second-order valence-electron chi connectivity index (χ2n) is 7.01. The van der Waals surface area contributed by atoms with Crippen LogP contribution in [0.3, 0.4) is 0 Å². The summed E-state index contributed by atoms with van der Waals surface area (Å²) in [6, 6.07) is 9.51. The van der Waals surface area contributed by atoms with Crippen LogP contribution in [0.1, 0.15) is 11.1 Å². The second kappa shape index (κ2) is 9.71. The highest BCUT2D eigenvalue weighted by molar-refractivity contribution is 5.54. The number of fused-ring (bicyclic) bond motifs is 1. The fourth-order valence-electron chi connectivity index (χ4n) is 3.69. The average molecular weight is 404 g/mol. The number of aliphatic hydroxyl groups excluding tert-OH is 2. The Morgan fingerprint density at radius 1 is 0.793 bits per heavy atom. The van der Waals surface area contributed by atoms with Crippen LogP contribution in [0.4, 0.5) is 0 Å². The fourth-order valence-corrected chi connectivity index (χ4v) is 3.69. The van der Waals surface area contributed by atoms with Gasteiger partial charge in [0.25, 0.3) is 0 Å². The lowest BCUT2D eigenvalue weighted by Crippen LogP contribution is -2.26. The van der Waals surface area contributed by atoms with Gasteiger partial charge in [0.05, 0.1) is 21.3 Å². The molecule has 0 unspecified atom stereocenters. The molecule has 0 bridgehead atoms. The normalized spacial score (nSPS) is 14.4. The highest BCUT2D eigenvalue weighted by Gasteiger charge is 2.24. The Morgan fingerprint density at radius 2 is 1.38 bits per heavy atom. The van der Waals surface area contributed by atoms with Crippen molar-refractivity contribution in [2.45, 2.75) is 12.8 Å². The van der Waals surface area contributed by atoms with E-state index in [4.69, 9.17) is 23.7 Å². The molecule has 0 aliphatic carbocycles. The summed E-state index contributed by atoms with van der Waals surface area (Å²) in [6.07, 6.45) is 1.17. The van der Waals surface area contributed by atoms with Gasteiger partial charge in [-0.2, -0.15) is 0 Å². The van der Waals surface area contributed by atoms with Crippen molar-refractivity contribution >= 4 is 0 Å². The molecule has 0 saturated carbocycles. The van der Waals surface area contributed by atoms with Crippen LogP contribution < -0.4 is 23.7 Å². The SMILES string of the molecule is COc1cc(C[C@@H](CO)[C@H](CO)Cc2ccc3c(c2)OCO3)cc(OC)c1OC. The summed E-state index contributed by atoms with van der Waals surface area (Å²) in [7, 11) is 4.70. The number of rotatable bonds is 10. The summed E-state index contributed by atoms with van der Waals surface area (Å²) < 4.78 is 27.0. The molecular weight excluding hydrogens is 376 g/mol. The average Bonchev–Trinajstić information content (AvgIpc) is 3.23. The van der Waals surface area contributed by atoms with Gasteiger partial charge in [-0.1, -0.05) is 6.07 Å². The molecule has 29 heavy (non-hydrogen) atoms. The molecule has 2 N–H and O–H groups in total. The van der Waals surface area contributed by atoms with Gasteiger partial charge in [0, 0.05) is 13.2 Å². The lowest BCUT2D eigenvalue weighted by atomic mass is 9.83.